The minimum atomic E-state index is -4.69. The molecule has 15 heteroatoms. The van der Waals surface area contributed by atoms with Gasteiger partial charge in [-0.3, -0.25) is 0 Å². The summed E-state index contributed by atoms with van der Waals surface area (Å²) >= 11 is 0. The fourth-order valence-electron chi connectivity index (χ4n) is 4.24. The first-order valence-corrected chi connectivity index (χ1v) is 14.4. The molecule has 0 radical (unpaired) electrons. The normalized spacial score (nSPS) is 14.6. The molecule has 224 valence electrons. The van der Waals surface area contributed by atoms with Gasteiger partial charge in [0.2, 0.25) is 16.0 Å². The predicted molar refractivity (Wildman–Crippen MR) is 153 cm³/mol. The molecule has 10 nitrogen and oxygen atoms in total. The molecule has 4 bridgehead atoms. The number of nitrogens with one attached hydrogen (secondary N) is 5. The van der Waals surface area contributed by atoms with E-state index in [9.17, 15) is 30.8 Å². The molecule has 0 spiro atoms. The van der Waals surface area contributed by atoms with Crippen molar-refractivity contribution in [3.63, 3.8) is 0 Å². The number of amides is 2. The Morgan fingerprint density at radius 3 is 2.63 bits per heavy atom. The monoisotopic (exact) mass is 615 g/mol. The van der Waals surface area contributed by atoms with E-state index in [1.165, 1.54) is 12.1 Å². The number of rotatable bonds is 4. The highest BCUT2D eigenvalue weighted by Crippen LogP contribution is 2.32. The lowest BCUT2D eigenvalue weighted by Gasteiger charge is -2.14. The Kier molecular flexibility index (Phi) is 8.45. The SMILES string of the molecule is O=C(NCc1cccc(-c2cnc3nc2NCCCNS(=O)(=O)c2cccc(c2)N3)c1)Nc1cc(C(F)(F)F)ccc1F. The van der Waals surface area contributed by atoms with Crippen LogP contribution >= 0.6 is 0 Å². The van der Waals surface area contributed by atoms with Crippen LogP contribution in [0.4, 0.5) is 45.5 Å². The Morgan fingerprint density at radius 1 is 1.00 bits per heavy atom. The van der Waals surface area contributed by atoms with Gasteiger partial charge in [-0.1, -0.05) is 24.3 Å². The highest BCUT2D eigenvalue weighted by molar-refractivity contribution is 7.89. The molecule has 0 saturated carbocycles. The molecule has 1 aliphatic rings. The number of urea groups is 1. The number of sulfonamides is 1. The van der Waals surface area contributed by atoms with Gasteiger partial charge in [0, 0.05) is 37.1 Å². The average molecular weight is 616 g/mol. The first-order valence-electron chi connectivity index (χ1n) is 13.0. The van der Waals surface area contributed by atoms with Crippen molar-refractivity contribution in [2.24, 2.45) is 0 Å². The lowest BCUT2D eigenvalue weighted by Crippen LogP contribution is -2.28. The van der Waals surface area contributed by atoms with Gasteiger partial charge in [-0.15, -0.1) is 0 Å². The highest BCUT2D eigenvalue weighted by atomic mass is 32.2. The Bertz CT molecular complexity index is 1770. The van der Waals surface area contributed by atoms with Gasteiger partial charge in [0.15, 0.2) is 0 Å². The Hall–Kier alpha value is -4.76. The van der Waals surface area contributed by atoms with Crippen LogP contribution in [0.25, 0.3) is 11.1 Å². The number of hydrogen-bond acceptors (Lipinski definition) is 7. The Balaban J connectivity index is 1.32. The molecule has 43 heavy (non-hydrogen) atoms. The molecule has 1 aromatic heterocycles. The second-order valence-corrected chi connectivity index (χ2v) is 11.3. The number of nitrogens with zero attached hydrogens (tertiary/aromatic N) is 2. The molecule has 5 N–H and O–H groups in total. The fraction of sp³-hybridized carbons (Fsp3) is 0.179. The molecule has 1 aliphatic heterocycles. The van der Waals surface area contributed by atoms with Crippen LogP contribution in [0.2, 0.25) is 0 Å². The summed E-state index contributed by atoms with van der Waals surface area (Å²) in [6.45, 7) is 0.588. The van der Waals surface area contributed by atoms with E-state index in [4.69, 9.17) is 0 Å². The number of hydrogen-bond donors (Lipinski definition) is 5. The Morgan fingerprint density at radius 2 is 1.81 bits per heavy atom. The summed E-state index contributed by atoms with van der Waals surface area (Å²) in [6, 6.07) is 14.2. The average Bonchev–Trinajstić information content (AvgIpc) is 2.97. The first kappa shape index (κ1) is 29.7. The molecule has 2 amide bonds. The van der Waals surface area contributed by atoms with Crippen LogP contribution in [-0.4, -0.2) is 37.5 Å². The first-order chi connectivity index (χ1) is 20.5. The third kappa shape index (κ3) is 7.37. The van der Waals surface area contributed by atoms with Crippen LogP contribution < -0.4 is 26.0 Å². The number of fused-ring (bicyclic) bond motifs is 4. The predicted octanol–water partition coefficient (Wildman–Crippen LogP) is 5.46. The Labute approximate surface area is 244 Å². The number of alkyl halides is 3. The number of halogens is 4. The zero-order valence-corrected chi connectivity index (χ0v) is 23.1. The van der Waals surface area contributed by atoms with Crippen LogP contribution in [0.3, 0.4) is 0 Å². The third-order valence-corrected chi connectivity index (χ3v) is 7.82. The lowest BCUT2D eigenvalue weighted by molar-refractivity contribution is -0.137. The van der Waals surface area contributed by atoms with E-state index in [0.717, 1.165) is 0 Å². The van der Waals surface area contributed by atoms with Gasteiger partial charge in [-0.05, 0) is 60.0 Å². The number of anilines is 4. The van der Waals surface area contributed by atoms with Crippen molar-refractivity contribution in [1.29, 1.82) is 0 Å². The quantitative estimate of drug-likeness (QED) is 0.192. The maximum Gasteiger partial charge on any atom is 0.416 e. The van der Waals surface area contributed by atoms with E-state index < -0.39 is 39.3 Å². The standard InChI is InChI=1S/C28H25F4N7O3S/c29-23-9-8-19(28(30,31)32)13-24(23)38-27(40)35-15-17-4-1-5-18(12-17)22-16-34-26-37-20-6-2-7-21(14-20)43(41,42)36-11-3-10-33-25(22)39-26/h1-2,4-9,12-14,16,36H,3,10-11,15H2,(H2,35,38,40)(H2,33,34,37,39). The molecule has 0 saturated heterocycles. The zero-order chi connectivity index (χ0) is 30.6. The molecule has 5 rings (SSSR count). The van der Waals surface area contributed by atoms with Gasteiger partial charge in [0.25, 0.3) is 0 Å². The van der Waals surface area contributed by atoms with Gasteiger partial charge in [-0.25, -0.2) is 27.3 Å². The van der Waals surface area contributed by atoms with E-state index >= 15 is 0 Å². The minimum Gasteiger partial charge on any atom is -0.369 e. The summed E-state index contributed by atoms with van der Waals surface area (Å²) < 4.78 is 80.7. The second kappa shape index (κ2) is 12.2. The minimum absolute atomic E-state index is 0.0139. The van der Waals surface area contributed by atoms with Gasteiger partial charge >= 0.3 is 12.2 Å². The summed E-state index contributed by atoms with van der Waals surface area (Å²) in [6.07, 6.45) is -2.62. The largest absolute Gasteiger partial charge is 0.416 e. The van der Waals surface area contributed by atoms with Gasteiger partial charge in [0.05, 0.1) is 16.1 Å². The number of aromatic nitrogens is 2. The molecule has 0 fully saturated rings. The smallest absolute Gasteiger partial charge is 0.369 e. The summed E-state index contributed by atoms with van der Waals surface area (Å²) in [5.74, 6) is -0.280. The van der Waals surface area contributed by atoms with Crippen LogP contribution in [0.15, 0.2) is 77.8 Å². The lowest BCUT2D eigenvalue weighted by atomic mass is 10.0. The summed E-state index contributed by atoms with van der Waals surface area (Å²) in [5.41, 5.74) is 0.765. The maximum atomic E-state index is 14.0. The topological polar surface area (TPSA) is 137 Å². The highest BCUT2D eigenvalue weighted by Gasteiger charge is 2.31. The summed E-state index contributed by atoms with van der Waals surface area (Å²) in [4.78, 5) is 21.4. The van der Waals surface area contributed by atoms with Crippen molar-refractivity contribution < 1.29 is 30.8 Å². The number of benzene rings is 3. The molecular formula is C28H25F4N7O3S. The number of carbonyl (C=O) groups is 1. The molecule has 0 unspecified atom stereocenters. The van der Waals surface area contributed by atoms with Crippen molar-refractivity contribution in [3.8, 4) is 11.1 Å². The van der Waals surface area contributed by atoms with E-state index in [-0.39, 0.29) is 23.9 Å². The van der Waals surface area contributed by atoms with Crippen LogP contribution in [0.1, 0.15) is 17.5 Å². The van der Waals surface area contributed by atoms with E-state index in [2.05, 4.69) is 36.0 Å². The van der Waals surface area contributed by atoms with Crippen LogP contribution in [0, 0.1) is 5.82 Å². The van der Waals surface area contributed by atoms with E-state index in [0.29, 0.717) is 59.4 Å². The molecular weight excluding hydrogens is 590 g/mol. The molecule has 3 aromatic carbocycles. The van der Waals surface area contributed by atoms with E-state index in [1.54, 1.807) is 36.5 Å². The van der Waals surface area contributed by atoms with Crippen molar-refractivity contribution in [2.45, 2.75) is 24.0 Å². The molecule has 4 aromatic rings. The van der Waals surface area contributed by atoms with Crippen molar-refractivity contribution >= 4 is 39.2 Å². The van der Waals surface area contributed by atoms with Gasteiger partial charge < -0.3 is 21.3 Å². The van der Waals surface area contributed by atoms with Crippen LogP contribution in [0.5, 0.6) is 0 Å². The molecule has 2 heterocycles. The van der Waals surface area contributed by atoms with Crippen LogP contribution in [-0.2, 0) is 22.7 Å². The summed E-state index contributed by atoms with van der Waals surface area (Å²) in [5, 5.41) is 10.9. The van der Waals surface area contributed by atoms with Crippen molar-refractivity contribution in [2.75, 3.05) is 29.0 Å². The molecule has 0 atom stereocenters. The zero-order valence-electron chi connectivity index (χ0n) is 22.3. The van der Waals surface area contributed by atoms with Crippen molar-refractivity contribution in [1.82, 2.24) is 20.0 Å². The summed E-state index contributed by atoms with van der Waals surface area (Å²) in [7, 11) is -3.69. The maximum absolute atomic E-state index is 14.0. The second-order valence-electron chi connectivity index (χ2n) is 9.49. The fourth-order valence-corrected chi connectivity index (χ4v) is 5.36. The van der Waals surface area contributed by atoms with Crippen molar-refractivity contribution in [3.05, 3.63) is 89.9 Å². The van der Waals surface area contributed by atoms with Gasteiger partial charge in [0.1, 0.15) is 11.6 Å². The van der Waals surface area contributed by atoms with E-state index in [1.807, 2.05) is 6.07 Å². The third-order valence-electron chi connectivity index (χ3n) is 6.36. The number of carbonyl (C=O) groups excluding carboxylic acids is 1. The van der Waals surface area contributed by atoms with Gasteiger partial charge in [-0.2, -0.15) is 18.2 Å². The molecule has 0 aliphatic carbocycles.